The number of nitrogens with zero attached hydrogens (tertiary/aromatic N) is 2. The van der Waals surface area contributed by atoms with E-state index in [-0.39, 0.29) is 0 Å². The highest BCUT2D eigenvalue weighted by Crippen LogP contribution is 2.26. The van der Waals surface area contributed by atoms with Gasteiger partial charge >= 0.3 is 0 Å². The van der Waals surface area contributed by atoms with Crippen LogP contribution in [0.15, 0.2) is 28.0 Å². The smallest absolute Gasteiger partial charge is 0.192 e. The lowest BCUT2D eigenvalue weighted by Gasteiger charge is -1.95. The fourth-order valence-electron chi connectivity index (χ4n) is 1.71. The molecule has 0 amide bonds. The fraction of sp³-hybridized carbons (Fsp3) is 0.167. The van der Waals surface area contributed by atoms with Gasteiger partial charge in [-0.2, -0.15) is 0 Å². The van der Waals surface area contributed by atoms with E-state index in [1.165, 1.54) is 0 Å². The Morgan fingerprint density at radius 1 is 1.35 bits per heavy atom. The Hall–Kier alpha value is -1.20. The summed E-state index contributed by atoms with van der Waals surface area (Å²) in [6.07, 6.45) is 0. The van der Waals surface area contributed by atoms with Crippen molar-refractivity contribution in [2.45, 2.75) is 12.3 Å². The molecule has 0 aliphatic rings. The van der Waals surface area contributed by atoms with E-state index >= 15 is 0 Å². The number of fused-ring (bicyclic) bond motifs is 1. The van der Waals surface area contributed by atoms with Crippen LogP contribution in [-0.4, -0.2) is 9.97 Å². The Morgan fingerprint density at radius 3 is 3.00 bits per heavy atom. The highest BCUT2D eigenvalue weighted by molar-refractivity contribution is 9.08. The summed E-state index contributed by atoms with van der Waals surface area (Å²) in [4.78, 5) is 8.85. The number of benzene rings is 1. The predicted molar refractivity (Wildman–Crippen MR) is 72.5 cm³/mol. The molecule has 3 aromatic rings. The van der Waals surface area contributed by atoms with E-state index in [0.29, 0.717) is 5.89 Å². The monoisotopic (exact) mass is 308 g/mol. The number of alkyl halides is 1. The van der Waals surface area contributed by atoms with E-state index in [9.17, 15) is 0 Å². The van der Waals surface area contributed by atoms with E-state index in [0.717, 1.165) is 32.7 Å². The Labute approximate surface area is 111 Å². The average molecular weight is 309 g/mol. The second-order valence-corrected chi connectivity index (χ2v) is 5.18. The molecule has 0 bridgehead atoms. The lowest BCUT2D eigenvalue weighted by Crippen LogP contribution is -1.79. The van der Waals surface area contributed by atoms with Crippen LogP contribution >= 0.6 is 27.3 Å². The second-order valence-electron chi connectivity index (χ2n) is 3.68. The number of rotatable bonds is 2. The summed E-state index contributed by atoms with van der Waals surface area (Å²) in [6.45, 7) is 1.85. The van der Waals surface area contributed by atoms with E-state index in [2.05, 4.69) is 31.3 Å². The number of oxazole rings is 1. The van der Waals surface area contributed by atoms with Crippen molar-refractivity contribution in [1.82, 2.24) is 9.97 Å². The minimum absolute atomic E-state index is 0.691. The molecule has 0 aliphatic carbocycles. The summed E-state index contributed by atoms with van der Waals surface area (Å²) >= 11 is 5.06. The van der Waals surface area contributed by atoms with Crippen LogP contribution in [0.5, 0.6) is 0 Å². The first-order valence-corrected chi connectivity index (χ1v) is 7.14. The first-order valence-electron chi connectivity index (χ1n) is 5.14. The van der Waals surface area contributed by atoms with Crippen molar-refractivity contribution in [1.29, 1.82) is 0 Å². The maximum absolute atomic E-state index is 5.45. The van der Waals surface area contributed by atoms with Gasteiger partial charge in [-0.25, -0.2) is 9.97 Å². The molecule has 0 fully saturated rings. The molecule has 3 rings (SSSR count). The molecule has 5 heteroatoms. The number of aromatic nitrogens is 2. The molecule has 0 radical (unpaired) electrons. The Kier molecular flexibility index (Phi) is 2.72. The molecule has 1 aromatic carbocycles. The fourth-order valence-corrected chi connectivity index (χ4v) is 2.88. The maximum Gasteiger partial charge on any atom is 0.192 e. The van der Waals surface area contributed by atoms with Crippen LogP contribution in [0.1, 0.15) is 10.9 Å². The summed E-state index contributed by atoms with van der Waals surface area (Å²) in [7, 11) is 0. The van der Waals surface area contributed by atoms with Gasteiger partial charge in [-0.15, -0.1) is 11.3 Å². The Balaban J connectivity index is 2.10. The number of aryl methyl sites for hydroxylation is 1. The van der Waals surface area contributed by atoms with E-state index < -0.39 is 0 Å². The third kappa shape index (κ3) is 2.00. The van der Waals surface area contributed by atoms with Gasteiger partial charge in [0.15, 0.2) is 11.5 Å². The van der Waals surface area contributed by atoms with Gasteiger partial charge in [0.1, 0.15) is 10.5 Å². The van der Waals surface area contributed by atoms with Gasteiger partial charge in [0.25, 0.3) is 0 Å². The molecule has 2 heterocycles. The number of halogens is 1. The molecule has 0 spiro atoms. The second kappa shape index (κ2) is 4.23. The molecule has 0 saturated heterocycles. The van der Waals surface area contributed by atoms with Crippen LogP contribution in [0.4, 0.5) is 0 Å². The van der Waals surface area contributed by atoms with Crippen LogP contribution < -0.4 is 0 Å². The summed E-state index contributed by atoms with van der Waals surface area (Å²) in [5.74, 6) is 0.691. The van der Waals surface area contributed by atoms with Gasteiger partial charge in [0.2, 0.25) is 0 Å². The zero-order valence-electron chi connectivity index (χ0n) is 9.11. The van der Waals surface area contributed by atoms with Crippen LogP contribution in [0.2, 0.25) is 0 Å². The van der Waals surface area contributed by atoms with Crippen LogP contribution in [-0.2, 0) is 5.33 Å². The van der Waals surface area contributed by atoms with Crippen molar-refractivity contribution in [3.63, 3.8) is 0 Å². The number of hydrogen-bond donors (Lipinski definition) is 0. The lowest BCUT2D eigenvalue weighted by molar-refractivity contribution is 0.561. The standard InChI is InChI=1S/C12H9BrN2OS/c1-7-14-9-4-8(2-3-11(9)16-7)10-6-17-12(5-13)15-10/h2-4,6H,5H2,1H3. The maximum atomic E-state index is 5.45. The highest BCUT2D eigenvalue weighted by Gasteiger charge is 2.07. The van der Waals surface area contributed by atoms with Gasteiger partial charge in [-0.1, -0.05) is 15.9 Å². The van der Waals surface area contributed by atoms with Crippen molar-refractivity contribution in [3.05, 3.63) is 34.5 Å². The molecule has 17 heavy (non-hydrogen) atoms. The van der Waals surface area contributed by atoms with E-state index in [1.807, 2.05) is 25.1 Å². The first kappa shape index (κ1) is 10.9. The van der Waals surface area contributed by atoms with Crippen LogP contribution in [0.3, 0.4) is 0 Å². The highest BCUT2D eigenvalue weighted by atomic mass is 79.9. The van der Waals surface area contributed by atoms with Gasteiger partial charge < -0.3 is 4.42 Å². The van der Waals surface area contributed by atoms with Crippen molar-refractivity contribution in [2.75, 3.05) is 0 Å². The van der Waals surface area contributed by atoms with Gasteiger partial charge in [0.05, 0.1) is 11.0 Å². The molecule has 0 saturated carbocycles. The quantitative estimate of drug-likeness (QED) is 0.667. The summed E-state index contributed by atoms with van der Waals surface area (Å²) in [5, 5.41) is 3.93. The lowest BCUT2D eigenvalue weighted by atomic mass is 10.1. The minimum atomic E-state index is 0.691. The molecule has 0 unspecified atom stereocenters. The van der Waals surface area contributed by atoms with Crippen molar-refractivity contribution in [2.24, 2.45) is 0 Å². The predicted octanol–water partition coefficient (Wildman–Crippen LogP) is 4.15. The molecule has 0 N–H and O–H groups in total. The summed E-state index contributed by atoms with van der Waals surface area (Å²) in [6, 6.07) is 5.97. The van der Waals surface area contributed by atoms with Crippen molar-refractivity contribution < 1.29 is 4.42 Å². The summed E-state index contributed by atoms with van der Waals surface area (Å²) < 4.78 is 5.45. The van der Waals surface area contributed by atoms with Gasteiger partial charge in [0, 0.05) is 17.9 Å². The largest absolute Gasteiger partial charge is 0.441 e. The summed E-state index contributed by atoms with van der Waals surface area (Å²) in [5.41, 5.74) is 3.77. The molecule has 2 aromatic heterocycles. The molecule has 0 aliphatic heterocycles. The van der Waals surface area contributed by atoms with Gasteiger partial charge in [-0.3, -0.25) is 0 Å². The number of thiazole rings is 1. The van der Waals surface area contributed by atoms with Gasteiger partial charge in [-0.05, 0) is 18.2 Å². The molecule has 3 nitrogen and oxygen atoms in total. The normalized spacial score (nSPS) is 11.2. The third-order valence-electron chi connectivity index (χ3n) is 2.46. The van der Waals surface area contributed by atoms with E-state index in [4.69, 9.17) is 4.42 Å². The Morgan fingerprint density at radius 2 is 2.24 bits per heavy atom. The van der Waals surface area contributed by atoms with Crippen molar-refractivity contribution in [3.8, 4) is 11.3 Å². The minimum Gasteiger partial charge on any atom is -0.441 e. The molecule has 86 valence electrons. The zero-order valence-corrected chi connectivity index (χ0v) is 11.5. The topological polar surface area (TPSA) is 38.9 Å². The molecular formula is C12H9BrN2OS. The van der Waals surface area contributed by atoms with E-state index in [1.54, 1.807) is 11.3 Å². The first-order chi connectivity index (χ1) is 8.26. The van der Waals surface area contributed by atoms with Crippen LogP contribution in [0, 0.1) is 6.92 Å². The average Bonchev–Trinajstić information content (AvgIpc) is 2.92. The van der Waals surface area contributed by atoms with Crippen LogP contribution in [0.25, 0.3) is 22.4 Å². The number of hydrogen-bond acceptors (Lipinski definition) is 4. The zero-order chi connectivity index (χ0) is 11.8. The Bertz CT molecular complexity index is 674. The third-order valence-corrected chi connectivity index (χ3v) is 4.21. The molecule has 0 atom stereocenters. The molecular weight excluding hydrogens is 300 g/mol. The SMILES string of the molecule is Cc1nc2cc(-c3csc(CBr)n3)ccc2o1. The van der Waals surface area contributed by atoms with Crippen molar-refractivity contribution >= 4 is 38.4 Å².